The highest BCUT2D eigenvalue weighted by Crippen LogP contribution is 2.27. The quantitative estimate of drug-likeness (QED) is 0.796. The first-order chi connectivity index (χ1) is 7.86. The number of rotatable bonds is 4. The van der Waals surface area contributed by atoms with Gasteiger partial charge in [-0.25, -0.2) is 0 Å². The van der Waals surface area contributed by atoms with Gasteiger partial charge in [-0.15, -0.1) is 0 Å². The third-order valence-corrected chi connectivity index (χ3v) is 3.68. The molecule has 0 aromatic carbocycles. The first kappa shape index (κ1) is 14.5. The summed E-state index contributed by atoms with van der Waals surface area (Å²) in [5, 5.41) is 0. The molecule has 0 aromatic rings. The molecule has 100 valence electrons. The fourth-order valence-electron chi connectivity index (χ4n) is 2.38. The zero-order chi connectivity index (χ0) is 13.1. The third-order valence-electron chi connectivity index (χ3n) is 3.68. The molecule has 1 rings (SSSR count). The van der Waals surface area contributed by atoms with Crippen LogP contribution in [0.5, 0.6) is 0 Å². The van der Waals surface area contributed by atoms with Crippen LogP contribution in [0.25, 0.3) is 0 Å². The Balaban J connectivity index is 2.48. The van der Waals surface area contributed by atoms with Gasteiger partial charge in [-0.05, 0) is 31.8 Å². The van der Waals surface area contributed by atoms with Crippen LogP contribution in [0, 0.1) is 5.41 Å². The smallest absolute Gasteiger partial charge is 0.236 e. The Labute approximate surface area is 105 Å². The molecule has 1 unspecified atom stereocenters. The van der Waals surface area contributed by atoms with E-state index in [-0.39, 0.29) is 17.4 Å². The number of nitrogens with zero attached hydrogens (tertiary/aromatic N) is 2. The molecule has 1 atom stereocenters. The summed E-state index contributed by atoms with van der Waals surface area (Å²) in [6.45, 7) is 9.52. The summed E-state index contributed by atoms with van der Waals surface area (Å²) in [5.74, 6) is 0.237. The molecule has 0 radical (unpaired) electrons. The zero-order valence-corrected chi connectivity index (χ0v) is 11.7. The first-order valence-corrected chi connectivity index (χ1v) is 6.58. The summed E-state index contributed by atoms with van der Waals surface area (Å²) in [7, 11) is 2.00. The topological polar surface area (TPSA) is 49.6 Å². The van der Waals surface area contributed by atoms with Gasteiger partial charge in [0, 0.05) is 19.1 Å². The second-order valence-electron chi connectivity index (χ2n) is 5.94. The summed E-state index contributed by atoms with van der Waals surface area (Å²) in [6.07, 6.45) is 2.00. The van der Waals surface area contributed by atoms with E-state index in [1.54, 1.807) is 0 Å². The Morgan fingerprint density at radius 1 is 1.53 bits per heavy atom. The lowest BCUT2D eigenvalue weighted by Crippen LogP contribution is -2.55. The predicted molar refractivity (Wildman–Crippen MR) is 70.7 cm³/mol. The van der Waals surface area contributed by atoms with Crippen molar-refractivity contribution in [3.8, 4) is 0 Å². The molecule has 4 heteroatoms. The van der Waals surface area contributed by atoms with Gasteiger partial charge in [0.25, 0.3) is 0 Å². The Morgan fingerprint density at radius 3 is 2.71 bits per heavy atom. The van der Waals surface area contributed by atoms with E-state index in [1.165, 1.54) is 0 Å². The van der Waals surface area contributed by atoms with Gasteiger partial charge >= 0.3 is 0 Å². The fraction of sp³-hybridized carbons (Fsp3) is 0.923. The molecule has 0 saturated carbocycles. The maximum atomic E-state index is 12.1. The third kappa shape index (κ3) is 3.96. The van der Waals surface area contributed by atoms with Crippen molar-refractivity contribution in [2.75, 3.05) is 33.2 Å². The number of piperidine rings is 1. The minimum Gasteiger partial charge on any atom is -0.341 e. The lowest BCUT2D eigenvalue weighted by molar-refractivity contribution is -0.135. The minimum absolute atomic E-state index is 0.0389. The Kier molecular flexibility index (Phi) is 4.95. The van der Waals surface area contributed by atoms with Gasteiger partial charge in [-0.2, -0.15) is 0 Å². The van der Waals surface area contributed by atoms with Crippen molar-refractivity contribution in [2.24, 2.45) is 11.1 Å². The summed E-state index contributed by atoms with van der Waals surface area (Å²) in [6, 6.07) is 0.208. The van der Waals surface area contributed by atoms with E-state index in [0.717, 1.165) is 32.5 Å². The molecule has 1 aliphatic heterocycles. The van der Waals surface area contributed by atoms with Crippen LogP contribution in [0.3, 0.4) is 0 Å². The van der Waals surface area contributed by atoms with Gasteiger partial charge < -0.3 is 10.6 Å². The number of nitrogens with two attached hydrogens (primary N) is 1. The number of amides is 1. The van der Waals surface area contributed by atoms with Gasteiger partial charge in [0.1, 0.15) is 0 Å². The first-order valence-electron chi connectivity index (χ1n) is 6.58. The second-order valence-corrected chi connectivity index (χ2v) is 5.94. The van der Waals surface area contributed by atoms with Crippen LogP contribution in [0.15, 0.2) is 0 Å². The van der Waals surface area contributed by atoms with Crippen LogP contribution in [-0.4, -0.2) is 55.0 Å². The van der Waals surface area contributed by atoms with E-state index in [2.05, 4.69) is 25.7 Å². The van der Waals surface area contributed by atoms with Crippen molar-refractivity contribution in [3.05, 3.63) is 0 Å². The molecule has 17 heavy (non-hydrogen) atoms. The lowest BCUT2D eigenvalue weighted by atomic mass is 9.79. The second kappa shape index (κ2) is 5.83. The summed E-state index contributed by atoms with van der Waals surface area (Å²) in [4.78, 5) is 16.2. The maximum absolute atomic E-state index is 12.1. The van der Waals surface area contributed by atoms with E-state index >= 15 is 0 Å². The highest BCUT2D eigenvalue weighted by Gasteiger charge is 2.35. The van der Waals surface area contributed by atoms with Crippen molar-refractivity contribution in [3.63, 3.8) is 0 Å². The molecule has 1 aliphatic rings. The molecule has 0 bridgehead atoms. The summed E-state index contributed by atoms with van der Waals surface area (Å²) < 4.78 is 0. The van der Waals surface area contributed by atoms with Crippen molar-refractivity contribution in [2.45, 2.75) is 39.7 Å². The molecule has 4 nitrogen and oxygen atoms in total. The molecule has 1 amide bonds. The number of carbonyl (C=O) groups excluding carboxylic acids is 1. The lowest BCUT2D eigenvalue weighted by Gasteiger charge is -2.43. The largest absolute Gasteiger partial charge is 0.341 e. The van der Waals surface area contributed by atoms with Crippen LogP contribution < -0.4 is 5.73 Å². The van der Waals surface area contributed by atoms with E-state index < -0.39 is 0 Å². The Hall–Kier alpha value is -0.610. The van der Waals surface area contributed by atoms with Crippen molar-refractivity contribution < 1.29 is 4.79 Å². The van der Waals surface area contributed by atoms with E-state index in [9.17, 15) is 4.79 Å². The molecule has 1 heterocycles. The van der Waals surface area contributed by atoms with Crippen LogP contribution >= 0.6 is 0 Å². The van der Waals surface area contributed by atoms with Crippen LogP contribution in [0.1, 0.15) is 33.6 Å². The zero-order valence-electron chi connectivity index (χ0n) is 11.7. The molecule has 0 spiro atoms. The average molecular weight is 241 g/mol. The maximum Gasteiger partial charge on any atom is 0.236 e. The minimum atomic E-state index is 0.0389. The standard InChI is InChI=1S/C13H27N3O/c1-5-7-15(4)9-12(17)16-8-6-11(14)13(2,3)10-16/h11H,5-10,14H2,1-4H3. The number of likely N-dealkylation sites (tertiary alicyclic amines) is 1. The number of likely N-dealkylation sites (N-methyl/N-ethyl adjacent to an activating group) is 1. The number of carbonyl (C=O) groups is 1. The number of hydrogen-bond donors (Lipinski definition) is 1. The molecular weight excluding hydrogens is 214 g/mol. The van der Waals surface area contributed by atoms with Crippen LogP contribution in [0.4, 0.5) is 0 Å². The SMILES string of the molecule is CCCN(C)CC(=O)N1CCC(N)C(C)(C)C1. The van der Waals surface area contributed by atoms with Gasteiger partial charge in [-0.1, -0.05) is 20.8 Å². The van der Waals surface area contributed by atoms with Crippen molar-refractivity contribution in [1.82, 2.24) is 9.80 Å². The highest BCUT2D eigenvalue weighted by molar-refractivity contribution is 5.78. The molecule has 0 aromatic heterocycles. The number of hydrogen-bond acceptors (Lipinski definition) is 3. The Morgan fingerprint density at radius 2 is 2.18 bits per heavy atom. The Bertz CT molecular complexity index is 265. The molecular formula is C13H27N3O. The van der Waals surface area contributed by atoms with E-state index in [1.807, 2.05) is 11.9 Å². The molecule has 2 N–H and O–H groups in total. The predicted octanol–water partition coefficient (Wildman–Crippen LogP) is 0.914. The normalized spacial score (nSPS) is 24.1. The van der Waals surface area contributed by atoms with Crippen molar-refractivity contribution >= 4 is 5.91 Å². The molecule has 0 aliphatic carbocycles. The van der Waals surface area contributed by atoms with Gasteiger partial charge in [0.15, 0.2) is 0 Å². The van der Waals surface area contributed by atoms with Crippen LogP contribution in [0.2, 0.25) is 0 Å². The summed E-state index contributed by atoms with van der Waals surface area (Å²) >= 11 is 0. The fourth-order valence-corrected chi connectivity index (χ4v) is 2.38. The van der Waals surface area contributed by atoms with E-state index in [4.69, 9.17) is 5.73 Å². The van der Waals surface area contributed by atoms with Gasteiger partial charge in [-0.3, -0.25) is 9.69 Å². The highest BCUT2D eigenvalue weighted by atomic mass is 16.2. The molecule has 1 saturated heterocycles. The van der Waals surface area contributed by atoms with Crippen molar-refractivity contribution in [1.29, 1.82) is 0 Å². The van der Waals surface area contributed by atoms with Gasteiger partial charge in [0.05, 0.1) is 6.54 Å². The molecule has 1 fully saturated rings. The van der Waals surface area contributed by atoms with E-state index in [0.29, 0.717) is 6.54 Å². The van der Waals surface area contributed by atoms with Gasteiger partial charge in [0.2, 0.25) is 5.91 Å². The van der Waals surface area contributed by atoms with Crippen LogP contribution in [-0.2, 0) is 4.79 Å². The monoisotopic (exact) mass is 241 g/mol. The average Bonchev–Trinajstić information content (AvgIpc) is 2.22. The summed E-state index contributed by atoms with van der Waals surface area (Å²) in [5.41, 5.74) is 6.11.